The van der Waals surface area contributed by atoms with Gasteiger partial charge in [-0.2, -0.15) is 0 Å². The van der Waals surface area contributed by atoms with Crippen molar-refractivity contribution in [2.75, 3.05) is 9.36 Å². The molecule has 2 atom stereocenters. The first kappa shape index (κ1) is 10.2. The molecular formula is C9H14IO2-. The number of rotatable bonds is 3. The zero-order chi connectivity index (χ0) is 9.14. The molecule has 0 aromatic carbocycles. The Balaban J connectivity index is 2.68. The van der Waals surface area contributed by atoms with Gasteiger partial charge in [0.05, 0.1) is 0 Å². The standard InChI is InChI=1S/C9H14IO2/c1-3-6-7(5-10-2)9(12)4-8(6)11/h6-7H,3-5H2,1-2H3/q-1. The van der Waals surface area contributed by atoms with Crippen LogP contribution in [0.2, 0.25) is 0 Å². The molecule has 0 bridgehead atoms. The van der Waals surface area contributed by atoms with E-state index >= 15 is 0 Å². The Morgan fingerprint density at radius 2 is 1.92 bits per heavy atom. The van der Waals surface area contributed by atoms with Crippen molar-refractivity contribution < 1.29 is 30.8 Å². The molecule has 1 saturated carbocycles. The first-order valence-electron chi connectivity index (χ1n) is 4.19. The fourth-order valence-electron chi connectivity index (χ4n) is 1.75. The SMILES string of the molecule is CCC1C(=O)CC(=O)C1C[I-]C. The van der Waals surface area contributed by atoms with E-state index in [0.29, 0.717) is 0 Å². The quantitative estimate of drug-likeness (QED) is 0.337. The summed E-state index contributed by atoms with van der Waals surface area (Å²) >= 11 is 0.141. The van der Waals surface area contributed by atoms with E-state index < -0.39 is 0 Å². The topological polar surface area (TPSA) is 34.1 Å². The summed E-state index contributed by atoms with van der Waals surface area (Å²) in [6, 6.07) is 0. The molecule has 0 heterocycles. The van der Waals surface area contributed by atoms with Crippen molar-refractivity contribution >= 4 is 11.6 Å². The summed E-state index contributed by atoms with van der Waals surface area (Å²) in [5.74, 6) is 0.552. The molecule has 1 rings (SSSR count). The van der Waals surface area contributed by atoms with Gasteiger partial charge in [-0.25, -0.2) is 0 Å². The molecule has 0 N–H and O–H groups in total. The number of Topliss-reactive ketones (excluding diaryl/α,β-unsaturated/α-hetero) is 2. The Bertz CT molecular complexity index is 201. The van der Waals surface area contributed by atoms with Gasteiger partial charge in [0.25, 0.3) is 0 Å². The normalized spacial score (nSPS) is 30.2. The number of carbonyl (C=O) groups excluding carboxylic acids is 2. The number of halogens is 1. The molecule has 0 aromatic heterocycles. The van der Waals surface area contributed by atoms with Crippen LogP contribution >= 0.6 is 0 Å². The van der Waals surface area contributed by atoms with E-state index in [0.717, 1.165) is 10.8 Å². The van der Waals surface area contributed by atoms with Crippen molar-refractivity contribution in [1.29, 1.82) is 0 Å². The third-order valence-corrected chi connectivity index (χ3v) is 4.25. The van der Waals surface area contributed by atoms with Crippen LogP contribution in [0.3, 0.4) is 0 Å². The van der Waals surface area contributed by atoms with Crippen molar-refractivity contribution in [3.05, 3.63) is 0 Å². The Hall–Kier alpha value is 0.0700. The van der Waals surface area contributed by atoms with Gasteiger partial charge < -0.3 is 0 Å². The van der Waals surface area contributed by atoms with Crippen molar-refractivity contribution in [2.24, 2.45) is 11.8 Å². The molecule has 2 unspecified atom stereocenters. The predicted octanol–water partition coefficient (Wildman–Crippen LogP) is -2.11. The van der Waals surface area contributed by atoms with Crippen LogP contribution in [0.1, 0.15) is 19.8 Å². The van der Waals surface area contributed by atoms with Gasteiger partial charge in [-0.15, -0.1) is 0 Å². The van der Waals surface area contributed by atoms with E-state index in [4.69, 9.17) is 0 Å². The van der Waals surface area contributed by atoms with E-state index in [9.17, 15) is 9.59 Å². The second-order valence-corrected chi connectivity index (χ2v) is 5.56. The average Bonchev–Trinajstić information content (AvgIpc) is 2.28. The number of alkyl halides is 2. The maximum absolute atomic E-state index is 11.3. The maximum atomic E-state index is 11.3. The van der Waals surface area contributed by atoms with E-state index in [2.05, 4.69) is 4.93 Å². The van der Waals surface area contributed by atoms with Crippen LogP contribution in [-0.4, -0.2) is 20.9 Å². The molecule has 0 saturated heterocycles. The zero-order valence-electron chi connectivity index (χ0n) is 7.47. The van der Waals surface area contributed by atoms with Crippen LogP contribution in [0.5, 0.6) is 0 Å². The number of hydrogen-bond donors (Lipinski definition) is 0. The van der Waals surface area contributed by atoms with Gasteiger partial charge in [-0.1, -0.05) is 0 Å². The van der Waals surface area contributed by atoms with Gasteiger partial charge in [0.1, 0.15) is 0 Å². The van der Waals surface area contributed by atoms with E-state index in [1.165, 1.54) is 0 Å². The van der Waals surface area contributed by atoms with Crippen molar-refractivity contribution in [3.8, 4) is 0 Å². The summed E-state index contributed by atoms with van der Waals surface area (Å²) in [4.78, 5) is 24.8. The van der Waals surface area contributed by atoms with Crippen molar-refractivity contribution in [2.45, 2.75) is 19.8 Å². The van der Waals surface area contributed by atoms with Gasteiger partial charge >= 0.3 is 83.3 Å². The Labute approximate surface area is 83.4 Å². The summed E-state index contributed by atoms with van der Waals surface area (Å²) in [5, 5.41) is 0. The van der Waals surface area contributed by atoms with Crippen molar-refractivity contribution in [3.63, 3.8) is 0 Å². The molecule has 70 valence electrons. The molecule has 0 aromatic rings. The number of hydrogen-bond acceptors (Lipinski definition) is 2. The molecule has 2 nitrogen and oxygen atoms in total. The second-order valence-electron chi connectivity index (χ2n) is 3.15. The Kier molecular flexibility index (Phi) is 3.68. The number of ketones is 2. The van der Waals surface area contributed by atoms with E-state index in [1.807, 2.05) is 6.92 Å². The average molecular weight is 281 g/mol. The van der Waals surface area contributed by atoms with Gasteiger partial charge in [0.15, 0.2) is 0 Å². The molecule has 0 radical (unpaired) electrons. The second kappa shape index (κ2) is 4.35. The third kappa shape index (κ3) is 1.87. The van der Waals surface area contributed by atoms with Crippen LogP contribution in [-0.2, 0) is 9.59 Å². The van der Waals surface area contributed by atoms with Gasteiger partial charge in [0.2, 0.25) is 0 Å². The van der Waals surface area contributed by atoms with Crippen LogP contribution in [0.25, 0.3) is 0 Å². The minimum atomic E-state index is 0.0668. The Morgan fingerprint density at radius 1 is 1.33 bits per heavy atom. The van der Waals surface area contributed by atoms with Crippen LogP contribution in [0, 0.1) is 11.8 Å². The molecule has 0 spiro atoms. The predicted molar refractivity (Wildman–Crippen MR) is 42.7 cm³/mol. The van der Waals surface area contributed by atoms with Crippen LogP contribution in [0.15, 0.2) is 0 Å². The summed E-state index contributed by atoms with van der Waals surface area (Å²) in [5.41, 5.74) is 0. The van der Waals surface area contributed by atoms with Crippen molar-refractivity contribution in [1.82, 2.24) is 0 Å². The summed E-state index contributed by atoms with van der Waals surface area (Å²) in [6.07, 6.45) is 1.06. The molecule has 12 heavy (non-hydrogen) atoms. The monoisotopic (exact) mass is 281 g/mol. The van der Waals surface area contributed by atoms with Gasteiger partial charge in [-0.05, 0) is 0 Å². The zero-order valence-corrected chi connectivity index (χ0v) is 9.63. The molecular weight excluding hydrogens is 267 g/mol. The molecule has 1 aliphatic rings. The molecule has 0 amide bonds. The first-order chi connectivity index (χ1) is 5.70. The summed E-state index contributed by atoms with van der Waals surface area (Å²) in [7, 11) is 0. The van der Waals surface area contributed by atoms with Crippen LogP contribution in [0.4, 0.5) is 0 Å². The van der Waals surface area contributed by atoms with E-state index in [-0.39, 0.29) is 51.0 Å². The van der Waals surface area contributed by atoms with Gasteiger partial charge in [-0.3, -0.25) is 0 Å². The molecule has 3 heteroatoms. The fraction of sp³-hybridized carbons (Fsp3) is 0.778. The summed E-state index contributed by atoms with van der Waals surface area (Å²) < 4.78 is 1.00. The fourth-order valence-corrected chi connectivity index (χ4v) is 3.81. The van der Waals surface area contributed by atoms with E-state index in [1.54, 1.807) is 0 Å². The van der Waals surface area contributed by atoms with Gasteiger partial charge in [0, 0.05) is 0 Å². The molecule has 0 aliphatic heterocycles. The Morgan fingerprint density at radius 3 is 2.42 bits per heavy atom. The molecule has 1 aliphatic carbocycles. The first-order valence-corrected chi connectivity index (χ1v) is 7.88. The van der Waals surface area contributed by atoms with Crippen LogP contribution < -0.4 is 21.2 Å². The molecule has 1 fully saturated rings. The number of carbonyl (C=O) groups is 2. The third-order valence-electron chi connectivity index (χ3n) is 2.42. The summed E-state index contributed by atoms with van der Waals surface area (Å²) in [6.45, 7) is 2.00. The minimum absolute atomic E-state index is 0.0668.